The Morgan fingerprint density at radius 2 is 1.89 bits per heavy atom. The van der Waals surface area contributed by atoms with Gasteiger partial charge >= 0.3 is 11.7 Å². The number of rotatable bonds is 6. The highest BCUT2D eigenvalue weighted by molar-refractivity contribution is 5.99. The summed E-state index contributed by atoms with van der Waals surface area (Å²) in [6.07, 6.45) is -0.265. The van der Waals surface area contributed by atoms with Crippen LogP contribution in [0.25, 0.3) is 0 Å². The predicted molar refractivity (Wildman–Crippen MR) is 101 cm³/mol. The molecule has 8 nitrogen and oxygen atoms in total. The smallest absolute Gasteiger partial charge is 0.344 e. The fraction of sp³-hybridized carbons (Fsp3) is 0.300. The Kier molecular flexibility index (Phi) is 5.58. The Bertz CT molecular complexity index is 913. The second-order valence-corrected chi connectivity index (χ2v) is 6.54. The van der Waals surface area contributed by atoms with E-state index in [4.69, 9.17) is 9.47 Å². The first-order valence-electron chi connectivity index (χ1n) is 8.85. The van der Waals surface area contributed by atoms with Crippen molar-refractivity contribution in [1.29, 1.82) is 0 Å². The second-order valence-electron chi connectivity index (χ2n) is 6.54. The number of carbonyl (C=O) groups is 2. The first-order valence-corrected chi connectivity index (χ1v) is 8.85. The summed E-state index contributed by atoms with van der Waals surface area (Å²) in [5, 5.41) is 11.0. The van der Waals surface area contributed by atoms with E-state index in [0.717, 1.165) is 17.7 Å². The maximum Gasteiger partial charge on any atom is 0.344 e. The largest absolute Gasteiger partial charge is 0.475 e. The summed E-state index contributed by atoms with van der Waals surface area (Å²) in [4.78, 5) is 36.9. The van der Waals surface area contributed by atoms with Crippen molar-refractivity contribution in [2.24, 2.45) is 0 Å². The molecule has 0 aliphatic carbocycles. The van der Waals surface area contributed by atoms with Gasteiger partial charge in [-0.25, -0.2) is 4.79 Å². The lowest BCUT2D eigenvalue weighted by Crippen LogP contribution is -2.43. The topological polar surface area (TPSA) is 99.0 Å². The van der Waals surface area contributed by atoms with Crippen molar-refractivity contribution in [3.63, 3.8) is 0 Å². The van der Waals surface area contributed by atoms with Crippen LogP contribution in [-0.4, -0.2) is 35.6 Å². The number of hydrogen-bond donors (Lipinski definition) is 0. The summed E-state index contributed by atoms with van der Waals surface area (Å²) in [5.41, 5.74) is 1.64. The van der Waals surface area contributed by atoms with Gasteiger partial charge < -0.3 is 14.4 Å². The van der Waals surface area contributed by atoms with Gasteiger partial charge in [0.1, 0.15) is 0 Å². The summed E-state index contributed by atoms with van der Waals surface area (Å²) in [6, 6.07) is 13.3. The third kappa shape index (κ3) is 3.95. The van der Waals surface area contributed by atoms with E-state index in [1.54, 1.807) is 11.0 Å². The SMILES string of the molecule is C[C@@H]1Cc2ccccc2N1C(=O)[C@@H](C)OC(=O)COc1ccccc1[N+](=O)[O-]. The van der Waals surface area contributed by atoms with Crippen LogP contribution in [0.15, 0.2) is 48.5 Å². The van der Waals surface area contributed by atoms with E-state index in [1.165, 1.54) is 25.1 Å². The Morgan fingerprint density at radius 1 is 1.21 bits per heavy atom. The minimum atomic E-state index is -1.00. The minimum absolute atomic E-state index is 0.0331. The third-order valence-electron chi connectivity index (χ3n) is 4.51. The van der Waals surface area contributed by atoms with Gasteiger partial charge in [0.05, 0.1) is 4.92 Å². The highest BCUT2D eigenvalue weighted by Gasteiger charge is 2.34. The van der Waals surface area contributed by atoms with E-state index >= 15 is 0 Å². The molecule has 146 valence electrons. The molecule has 0 saturated carbocycles. The Morgan fingerprint density at radius 3 is 2.64 bits per heavy atom. The van der Waals surface area contributed by atoms with E-state index in [9.17, 15) is 19.7 Å². The van der Waals surface area contributed by atoms with Crippen LogP contribution in [-0.2, 0) is 20.7 Å². The predicted octanol–water partition coefficient (Wildman–Crippen LogP) is 2.88. The van der Waals surface area contributed by atoms with Gasteiger partial charge in [-0.3, -0.25) is 14.9 Å². The van der Waals surface area contributed by atoms with Crippen molar-refractivity contribution >= 4 is 23.3 Å². The Labute approximate surface area is 161 Å². The zero-order chi connectivity index (χ0) is 20.3. The molecule has 0 spiro atoms. The standard InChI is InChI=1S/C20H20N2O6/c1-13-11-15-7-3-4-8-16(15)21(13)20(24)14(2)28-19(23)12-27-18-10-6-5-9-17(18)22(25)26/h3-10,13-14H,11-12H2,1-2H3/t13-,14-/m1/s1. The molecule has 2 atom stereocenters. The number of carbonyl (C=O) groups excluding carboxylic acids is 2. The van der Waals surface area contributed by atoms with Crippen LogP contribution in [0, 0.1) is 10.1 Å². The van der Waals surface area contributed by atoms with Crippen LogP contribution < -0.4 is 9.64 Å². The van der Waals surface area contributed by atoms with Crippen LogP contribution >= 0.6 is 0 Å². The molecule has 0 unspecified atom stereocenters. The van der Waals surface area contributed by atoms with E-state index in [2.05, 4.69) is 0 Å². The highest BCUT2D eigenvalue weighted by atomic mass is 16.6. The number of fused-ring (bicyclic) bond motifs is 1. The van der Waals surface area contributed by atoms with Crippen molar-refractivity contribution < 1.29 is 24.0 Å². The first kappa shape index (κ1) is 19.3. The van der Waals surface area contributed by atoms with Crippen molar-refractivity contribution in [3.8, 4) is 5.75 Å². The van der Waals surface area contributed by atoms with Gasteiger partial charge in [0.25, 0.3) is 5.91 Å². The van der Waals surface area contributed by atoms with Gasteiger partial charge in [0.15, 0.2) is 18.5 Å². The lowest BCUT2D eigenvalue weighted by Gasteiger charge is -2.25. The van der Waals surface area contributed by atoms with E-state index < -0.39 is 23.6 Å². The van der Waals surface area contributed by atoms with Gasteiger partial charge in [-0.05, 0) is 38.0 Å². The number of ether oxygens (including phenoxy) is 2. The van der Waals surface area contributed by atoms with Crippen LogP contribution in [0.2, 0.25) is 0 Å². The van der Waals surface area contributed by atoms with Gasteiger partial charge in [-0.2, -0.15) is 0 Å². The number of hydrogen-bond acceptors (Lipinski definition) is 6. The lowest BCUT2D eigenvalue weighted by molar-refractivity contribution is -0.385. The Hall–Kier alpha value is -3.42. The lowest BCUT2D eigenvalue weighted by atomic mass is 10.1. The van der Waals surface area contributed by atoms with Crippen LogP contribution in [0.1, 0.15) is 19.4 Å². The zero-order valence-electron chi connectivity index (χ0n) is 15.5. The van der Waals surface area contributed by atoms with E-state index in [0.29, 0.717) is 0 Å². The molecule has 1 aliphatic heterocycles. The quantitative estimate of drug-likeness (QED) is 0.431. The molecule has 0 radical (unpaired) electrons. The third-order valence-corrected chi connectivity index (χ3v) is 4.51. The van der Waals surface area contributed by atoms with Crippen LogP contribution in [0.4, 0.5) is 11.4 Å². The van der Waals surface area contributed by atoms with Gasteiger partial charge in [-0.1, -0.05) is 30.3 Å². The number of nitro groups is 1. The summed E-state index contributed by atoms with van der Waals surface area (Å²) in [7, 11) is 0. The number of esters is 1. The van der Waals surface area contributed by atoms with Crippen LogP contribution in [0.5, 0.6) is 5.75 Å². The molecular weight excluding hydrogens is 364 g/mol. The number of anilines is 1. The molecule has 1 amide bonds. The minimum Gasteiger partial charge on any atom is -0.475 e. The molecule has 0 N–H and O–H groups in total. The molecule has 0 saturated heterocycles. The molecular formula is C20H20N2O6. The molecule has 2 aromatic rings. The number of benzene rings is 2. The van der Waals surface area contributed by atoms with Crippen molar-refractivity contribution in [1.82, 2.24) is 0 Å². The number of nitrogens with zero attached hydrogens (tertiary/aromatic N) is 2. The molecule has 1 heterocycles. The van der Waals surface area contributed by atoms with E-state index in [-0.39, 0.29) is 23.4 Å². The maximum absolute atomic E-state index is 12.8. The maximum atomic E-state index is 12.8. The highest BCUT2D eigenvalue weighted by Crippen LogP contribution is 2.32. The molecule has 3 rings (SSSR count). The summed E-state index contributed by atoms with van der Waals surface area (Å²) in [5.74, 6) is -1.14. The fourth-order valence-corrected chi connectivity index (χ4v) is 3.25. The molecule has 0 fully saturated rings. The van der Waals surface area contributed by atoms with Crippen molar-refractivity contribution in [3.05, 3.63) is 64.2 Å². The number of amides is 1. The molecule has 0 bridgehead atoms. The Balaban J connectivity index is 1.60. The summed E-state index contributed by atoms with van der Waals surface area (Å²) >= 11 is 0. The summed E-state index contributed by atoms with van der Waals surface area (Å²) < 4.78 is 10.4. The summed E-state index contributed by atoms with van der Waals surface area (Å²) in [6.45, 7) is 2.90. The van der Waals surface area contributed by atoms with Crippen molar-refractivity contribution in [2.45, 2.75) is 32.4 Å². The molecule has 28 heavy (non-hydrogen) atoms. The average Bonchev–Trinajstić information content (AvgIpc) is 3.01. The zero-order valence-corrected chi connectivity index (χ0v) is 15.5. The first-order chi connectivity index (χ1) is 13.4. The van der Waals surface area contributed by atoms with Gasteiger partial charge in [0.2, 0.25) is 0 Å². The van der Waals surface area contributed by atoms with E-state index in [1.807, 2.05) is 31.2 Å². The molecule has 0 aromatic heterocycles. The molecule has 1 aliphatic rings. The fourth-order valence-electron chi connectivity index (χ4n) is 3.25. The van der Waals surface area contributed by atoms with Gasteiger partial charge in [0, 0.05) is 17.8 Å². The number of para-hydroxylation sites is 3. The second kappa shape index (κ2) is 8.08. The van der Waals surface area contributed by atoms with Gasteiger partial charge in [-0.15, -0.1) is 0 Å². The molecule has 8 heteroatoms. The average molecular weight is 384 g/mol. The van der Waals surface area contributed by atoms with Crippen LogP contribution in [0.3, 0.4) is 0 Å². The monoisotopic (exact) mass is 384 g/mol. The number of nitro benzene ring substituents is 1. The molecule has 2 aromatic carbocycles. The normalized spacial score (nSPS) is 16.2. The van der Waals surface area contributed by atoms with Crippen molar-refractivity contribution in [2.75, 3.05) is 11.5 Å².